The van der Waals surface area contributed by atoms with Crippen LogP contribution in [0.25, 0.3) is 10.9 Å². The second-order valence-electron chi connectivity index (χ2n) is 4.05. The van der Waals surface area contributed by atoms with Crippen LogP contribution >= 0.6 is 23.4 Å². The summed E-state index contributed by atoms with van der Waals surface area (Å²) in [5.41, 5.74) is 1.43. The molecule has 1 aromatic carbocycles. The second-order valence-corrected chi connectivity index (χ2v) is 5.53. The maximum absolute atomic E-state index is 9.24. The van der Waals surface area contributed by atoms with Gasteiger partial charge in [0.2, 0.25) is 0 Å². The molecule has 0 aliphatic rings. The molecule has 0 spiro atoms. The van der Waals surface area contributed by atoms with Crippen LogP contribution in [0.15, 0.2) is 58.7 Å². The van der Waals surface area contributed by atoms with Crippen molar-refractivity contribution >= 4 is 34.3 Å². The standard InChI is InChI=1S/C15H8ClN3S/c16-11-5-6-14(18-9-11)20-15-7-10(8-17)12-3-1-2-4-13(12)19-15/h1-7,9H. The minimum absolute atomic E-state index is 0.596. The van der Waals surface area contributed by atoms with Crippen LogP contribution in [0.3, 0.4) is 0 Å². The summed E-state index contributed by atoms with van der Waals surface area (Å²) in [6.07, 6.45) is 1.59. The molecule has 2 heterocycles. The van der Waals surface area contributed by atoms with Crippen LogP contribution in [0.1, 0.15) is 5.56 Å². The lowest BCUT2D eigenvalue weighted by molar-refractivity contribution is 1.11. The number of aromatic nitrogens is 2. The van der Waals surface area contributed by atoms with Crippen molar-refractivity contribution in [1.29, 1.82) is 5.26 Å². The molecule has 0 aliphatic carbocycles. The van der Waals surface area contributed by atoms with Crippen LogP contribution in [0.4, 0.5) is 0 Å². The molecule has 0 unspecified atom stereocenters. The first kappa shape index (κ1) is 12.9. The maximum atomic E-state index is 9.24. The summed E-state index contributed by atoms with van der Waals surface area (Å²) in [6, 6.07) is 15.2. The van der Waals surface area contributed by atoms with Crippen molar-refractivity contribution in [2.45, 2.75) is 10.1 Å². The van der Waals surface area contributed by atoms with Gasteiger partial charge in [-0.05, 0) is 24.3 Å². The number of hydrogen-bond acceptors (Lipinski definition) is 4. The van der Waals surface area contributed by atoms with Gasteiger partial charge >= 0.3 is 0 Å². The van der Waals surface area contributed by atoms with E-state index < -0.39 is 0 Å². The van der Waals surface area contributed by atoms with Gasteiger partial charge in [0.15, 0.2) is 0 Å². The van der Waals surface area contributed by atoms with Crippen molar-refractivity contribution in [2.24, 2.45) is 0 Å². The third-order valence-electron chi connectivity index (χ3n) is 2.72. The molecule has 96 valence electrons. The van der Waals surface area contributed by atoms with E-state index in [1.807, 2.05) is 30.3 Å². The monoisotopic (exact) mass is 297 g/mol. The smallest absolute Gasteiger partial charge is 0.104 e. The largest absolute Gasteiger partial charge is 0.248 e. The Balaban J connectivity index is 2.04. The third-order valence-corrected chi connectivity index (χ3v) is 3.82. The molecule has 0 bridgehead atoms. The number of rotatable bonds is 2. The normalized spacial score (nSPS) is 10.4. The molecule has 5 heteroatoms. The summed E-state index contributed by atoms with van der Waals surface area (Å²) in [5, 5.41) is 12.2. The Morgan fingerprint density at radius 3 is 2.70 bits per heavy atom. The lowest BCUT2D eigenvalue weighted by atomic mass is 10.1. The quantitative estimate of drug-likeness (QED) is 0.707. The second kappa shape index (κ2) is 5.49. The van der Waals surface area contributed by atoms with E-state index in [4.69, 9.17) is 11.6 Å². The van der Waals surface area contributed by atoms with Crippen molar-refractivity contribution in [3.05, 3.63) is 59.2 Å². The van der Waals surface area contributed by atoms with Crippen LogP contribution < -0.4 is 0 Å². The average Bonchev–Trinajstić information content (AvgIpc) is 2.49. The van der Waals surface area contributed by atoms with Gasteiger partial charge < -0.3 is 0 Å². The van der Waals surface area contributed by atoms with Gasteiger partial charge in [-0.15, -0.1) is 0 Å². The van der Waals surface area contributed by atoms with Gasteiger partial charge in [-0.3, -0.25) is 0 Å². The predicted octanol–water partition coefficient (Wildman–Crippen LogP) is 4.31. The van der Waals surface area contributed by atoms with E-state index in [-0.39, 0.29) is 0 Å². The van der Waals surface area contributed by atoms with Crippen LogP contribution in [0.5, 0.6) is 0 Å². The molecule has 2 aromatic heterocycles. The first-order chi connectivity index (χ1) is 9.76. The Hall–Kier alpha value is -2.09. The molecule has 3 aromatic rings. The zero-order valence-corrected chi connectivity index (χ0v) is 11.8. The van der Waals surface area contributed by atoms with Gasteiger partial charge in [-0.2, -0.15) is 5.26 Å². The molecular formula is C15H8ClN3S. The number of pyridine rings is 2. The van der Waals surface area contributed by atoms with E-state index in [1.165, 1.54) is 11.8 Å². The SMILES string of the molecule is N#Cc1cc(Sc2ccc(Cl)cn2)nc2ccccc12. The Labute approximate surface area is 125 Å². The highest BCUT2D eigenvalue weighted by Gasteiger charge is 2.07. The molecule has 20 heavy (non-hydrogen) atoms. The maximum Gasteiger partial charge on any atom is 0.104 e. The van der Waals surface area contributed by atoms with Gasteiger partial charge in [0.1, 0.15) is 10.1 Å². The van der Waals surface area contributed by atoms with E-state index in [2.05, 4.69) is 16.0 Å². The molecule has 3 nitrogen and oxygen atoms in total. The molecular weight excluding hydrogens is 290 g/mol. The summed E-state index contributed by atoms with van der Waals surface area (Å²) in [6.45, 7) is 0. The van der Waals surface area contributed by atoms with E-state index in [9.17, 15) is 5.26 Å². The Morgan fingerprint density at radius 2 is 1.95 bits per heavy atom. The van der Waals surface area contributed by atoms with Gasteiger partial charge in [-0.25, -0.2) is 9.97 Å². The molecule has 0 radical (unpaired) electrons. The zero-order valence-electron chi connectivity index (χ0n) is 10.2. The first-order valence-corrected chi connectivity index (χ1v) is 7.05. The predicted molar refractivity (Wildman–Crippen MR) is 79.8 cm³/mol. The number of benzene rings is 1. The molecule has 0 N–H and O–H groups in total. The number of fused-ring (bicyclic) bond motifs is 1. The van der Waals surface area contributed by atoms with Gasteiger partial charge in [0.05, 0.1) is 22.2 Å². The third kappa shape index (κ3) is 2.60. The van der Waals surface area contributed by atoms with Crippen LogP contribution in [-0.2, 0) is 0 Å². The number of nitriles is 1. The minimum atomic E-state index is 0.596. The highest BCUT2D eigenvalue weighted by atomic mass is 35.5. The van der Waals surface area contributed by atoms with Crippen LogP contribution in [-0.4, -0.2) is 9.97 Å². The minimum Gasteiger partial charge on any atom is -0.248 e. The summed E-state index contributed by atoms with van der Waals surface area (Å²) in [5.74, 6) is 0. The van der Waals surface area contributed by atoms with Crippen molar-refractivity contribution in [3.8, 4) is 6.07 Å². The van der Waals surface area contributed by atoms with E-state index in [1.54, 1.807) is 18.3 Å². The first-order valence-electron chi connectivity index (χ1n) is 5.85. The summed E-state index contributed by atoms with van der Waals surface area (Å²) in [4.78, 5) is 8.76. The van der Waals surface area contributed by atoms with Gasteiger partial charge in [-0.1, -0.05) is 41.6 Å². The molecule has 0 atom stereocenters. The van der Waals surface area contributed by atoms with Crippen molar-refractivity contribution < 1.29 is 0 Å². The highest BCUT2D eigenvalue weighted by Crippen LogP contribution is 2.28. The molecule has 0 saturated carbocycles. The van der Waals surface area contributed by atoms with Gasteiger partial charge in [0.25, 0.3) is 0 Å². The molecule has 0 saturated heterocycles. The van der Waals surface area contributed by atoms with E-state index >= 15 is 0 Å². The fourth-order valence-electron chi connectivity index (χ4n) is 1.83. The summed E-state index contributed by atoms with van der Waals surface area (Å²) in [7, 11) is 0. The zero-order chi connectivity index (χ0) is 13.9. The van der Waals surface area contributed by atoms with E-state index in [0.29, 0.717) is 10.6 Å². The lowest BCUT2D eigenvalue weighted by Gasteiger charge is -2.04. The number of para-hydroxylation sites is 1. The highest BCUT2D eigenvalue weighted by molar-refractivity contribution is 7.99. The molecule has 0 aliphatic heterocycles. The Bertz CT molecular complexity index is 809. The number of hydrogen-bond donors (Lipinski definition) is 0. The van der Waals surface area contributed by atoms with Crippen molar-refractivity contribution in [2.75, 3.05) is 0 Å². The summed E-state index contributed by atoms with van der Waals surface area (Å²) < 4.78 is 0. The number of nitrogens with zero attached hydrogens (tertiary/aromatic N) is 3. The Morgan fingerprint density at radius 1 is 1.10 bits per heavy atom. The number of halogens is 1. The van der Waals surface area contributed by atoms with Crippen molar-refractivity contribution in [1.82, 2.24) is 9.97 Å². The summed E-state index contributed by atoms with van der Waals surface area (Å²) >= 11 is 7.22. The van der Waals surface area contributed by atoms with Gasteiger partial charge in [0, 0.05) is 11.6 Å². The van der Waals surface area contributed by atoms with Crippen LogP contribution in [0.2, 0.25) is 5.02 Å². The van der Waals surface area contributed by atoms with E-state index in [0.717, 1.165) is 21.0 Å². The molecule has 3 rings (SSSR count). The average molecular weight is 298 g/mol. The van der Waals surface area contributed by atoms with Crippen LogP contribution in [0, 0.1) is 11.3 Å². The molecule has 0 amide bonds. The topological polar surface area (TPSA) is 49.6 Å². The Kier molecular flexibility index (Phi) is 3.55. The molecule has 0 fully saturated rings. The lowest BCUT2D eigenvalue weighted by Crippen LogP contribution is -1.88. The fraction of sp³-hybridized carbons (Fsp3) is 0. The fourth-order valence-corrected chi connectivity index (χ4v) is 2.71. The van der Waals surface area contributed by atoms with Crippen molar-refractivity contribution in [3.63, 3.8) is 0 Å².